The van der Waals surface area contributed by atoms with E-state index in [9.17, 15) is 19.2 Å². The fourth-order valence-corrected chi connectivity index (χ4v) is 1.90. The van der Waals surface area contributed by atoms with Crippen molar-refractivity contribution in [3.63, 3.8) is 0 Å². The molecule has 2 amide bonds. The summed E-state index contributed by atoms with van der Waals surface area (Å²) in [7, 11) is 0. The van der Waals surface area contributed by atoms with E-state index in [1.165, 1.54) is 13.8 Å². The lowest BCUT2D eigenvalue weighted by Crippen LogP contribution is -2.46. The SMILES string of the molecule is CCOC(=O)C(C)(C)C(=O)CN1C(=O)CCCCC1=O. The highest BCUT2D eigenvalue weighted by Gasteiger charge is 2.39. The molecule has 0 aliphatic carbocycles. The van der Waals surface area contributed by atoms with Crippen LogP contribution in [0.5, 0.6) is 0 Å². The van der Waals surface area contributed by atoms with Crippen molar-refractivity contribution in [2.75, 3.05) is 13.2 Å². The molecule has 1 fully saturated rings. The fourth-order valence-electron chi connectivity index (χ4n) is 1.90. The predicted molar refractivity (Wildman–Crippen MR) is 70.6 cm³/mol. The number of ketones is 1. The molecular formula is C14H21NO5. The van der Waals surface area contributed by atoms with Crippen LogP contribution in [-0.2, 0) is 23.9 Å². The molecule has 0 N–H and O–H groups in total. The molecule has 1 heterocycles. The summed E-state index contributed by atoms with van der Waals surface area (Å²) >= 11 is 0. The summed E-state index contributed by atoms with van der Waals surface area (Å²) in [5.41, 5.74) is -1.36. The van der Waals surface area contributed by atoms with Crippen LogP contribution in [0.1, 0.15) is 46.5 Å². The Labute approximate surface area is 118 Å². The molecule has 0 unspecified atom stereocenters. The van der Waals surface area contributed by atoms with Crippen LogP contribution >= 0.6 is 0 Å². The fraction of sp³-hybridized carbons (Fsp3) is 0.714. The van der Waals surface area contributed by atoms with E-state index >= 15 is 0 Å². The monoisotopic (exact) mass is 283 g/mol. The maximum Gasteiger partial charge on any atom is 0.319 e. The number of ether oxygens (including phenoxy) is 1. The predicted octanol–water partition coefficient (Wildman–Crippen LogP) is 1.07. The van der Waals surface area contributed by atoms with Crippen molar-refractivity contribution >= 4 is 23.6 Å². The Hall–Kier alpha value is -1.72. The van der Waals surface area contributed by atoms with Gasteiger partial charge >= 0.3 is 5.97 Å². The number of nitrogens with zero attached hydrogens (tertiary/aromatic N) is 1. The minimum absolute atomic E-state index is 0.178. The van der Waals surface area contributed by atoms with E-state index in [0.717, 1.165) is 4.90 Å². The van der Waals surface area contributed by atoms with Crippen LogP contribution in [0.2, 0.25) is 0 Å². The van der Waals surface area contributed by atoms with E-state index in [-0.39, 0.29) is 37.8 Å². The van der Waals surface area contributed by atoms with Gasteiger partial charge in [0.2, 0.25) is 11.8 Å². The van der Waals surface area contributed by atoms with Gasteiger partial charge in [0.25, 0.3) is 0 Å². The van der Waals surface area contributed by atoms with Gasteiger partial charge in [0.05, 0.1) is 13.2 Å². The Morgan fingerprint density at radius 2 is 1.65 bits per heavy atom. The molecule has 0 bridgehead atoms. The minimum atomic E-state index is -1.36. The largest absolute Gasteiger partial charge is 0.465 e. The van der Waals surface area contributed by atoms with Crippen LogP contribution in [0.3, 0.4) is 0 Å². The van der Waals surface area contributed by atoms with Crippen molar-refractivity contribution in [3.05, 3.63) is 0 Å². The molecule has 0 aromatic rings. The van der Waals surface area contributed by atoms with Gasteiger partial charge in [0.1, 0.15) is 5.41 Å². The quantitative estimate of drug-likeness (QED) is 0.428. The van der Waals surface area contributed by atoms with Gasteiger partial charge in [-0.2, -0.15) is 0 Å². The van der Waals surface area contributed by atoms with Crippen molar-refractivity contribution in [2.24, 2.45) is 5.41 Å². The lowest BCUT2D eigenvalue weighted by atomic mass is 9.87. The summed E-state index contributed by atoms with van der Waals surface area (Å²) in [4.78, 5) is 48.6. The highest BCUT2D eigenvalue weighted by molar-refractivity contribution is 6.07. The van der Waals surface area contributed by atoms with Crippen LogP contribution in [0.4, 0.5) is 0 Å². The smallest absolute Gasteiger partial charge is 0.319 e. The van der Waals surface area contributed by atoms with Crippen molar-refractivity contribution in [1.82, 2.24) is 4.90 Å². The van der Waals surface area contributed by atoms with Gasteiger partial charge in [0, 0.05) is 12.8 Å². The summed E-state index contributed by atoms with van der Waals surface area (Å²) in [6.07, 6.45) is 1.82. The van der Waals surface area contributed by atoms with Crippen LogP contribution in [-0.4, -0.2) is 41.6 Å². The number of carbonyl (C=O) groups is 4. The number of imide groups is 1. The van der Waals surface area contributed by atoms with Gasteiger partial charge in [-0.1, -0.05) is 0 Å². The first-order valence-electron chi connectivity index (χ1n) is 6.84. The number of carbonyl (C=O) groups excluding carboxylic acids is 4. The number of hydrogen-bond acceptors (Lipinski definition) is 5. The van der Waals surface area contributed by atoms with Crippen LogP contribution in [0.15, 0.2) is 0 Å². The lowest BCUT2D eigenvalue weighted by Gasteiger charge is -2.25. The molecule has 1 saturated heterocycles. The van der Waals surface area contributed by atoms with Crippen molar-refractivity contribution < 1.29 is 23.9 Å². The van der Waals surface area contributed by atoms with Gasteiger partial charge in [-0.05, 0) is 33.6 Å². The second kappa shape index (κ2) is 6.63. The molecule has 0 saturated carbocycles. The number of Topliss-reactive ketones (excluding diaryl/α,β-unsaturated/α-hetero) is 1. The Morgan fingerprint density at radius 3 is 2.10 bits per heavy atom. The molecule has 0 aromatic carbocycles. The molecule has 0 aromatic heterocycles. The maximum absolute atomic E-state index is 12.2. The van der Waals surface area contributed by atoms with E-state index < -0.39 is 17.2 Å². The van der Waals surface area contributed by atoms with Crippen LogP contribution in [0, 0.1) is 5.41 Å². The van der Waals surface area contributed by atoms with E-state index in [2.05, 4.69) is 0 Å². The third-order valence-electron chi connectivity index (χ3n) is 3.42. The highest BCUT2D eigenvalue weighted by Crippen LogP contribution is 2.21. The zero-order chi connectivity index (χ0) is 15.3. The van der Waals surface area contributed by atoms with Gasteiger partial charge < -0.3 is 4.74 Å². The first-order valence-corrected chi connectivity index (χ1v) is 6.84. The van der Waals surface area contributed by atoms with E-state index in [1.807, 2.05) is 0 Å². The lowest BCUT2D eigenvalue weighted by molar-refractivity contribution is -0.160. The molecule has 1 aliphatic heterocycles. The Morgan fingerprint density at radius 1 is 1.15 bits per heavy atom. The number of amides is 2. The second-order valence-electron chi connectivity index (χ2n) is 5.35. The molecule has 0 atom stereocenters. The Balaban J connectivity index is 2.79. The van der Waals surface area contributed by atoms with Crippen molar-refractivity contribution in [2.45, 2.75) is 46.5 Å². The van der Waals surface area contributed by atoms with E-state index in [0.29, 0.717) is 12.8 Å². The van der Waals surface area contributed by atoms with Gasteiger partial charge in [0.15, 0.2) is 5.78 Å². The third-order valence-corrected chi connectivity index (χ3v) is 3.42. The molecule has 6 nitrogen and oxygen atoms in total. The standard InChI is InChI=1S/C14H21NO5/c1-4-20-13(19)14(2,3)10(16)9-15-11(17)7-5-6-8-12(15)18/h4-9H2,1-3H3. The Bertz CT molecular complexity index is 409. The topological polar surface area (TPSA) is 80.8 Å². The first-order chi connectivity index (χ1) is 9.30. The summed E-state index contributed by atoms with van der Waals surface area (Å²) in [6, 6.07) is 0. The molecule has 0 radical (unpaired) electrons. The number of esters is 1. The molecule has 0 spiro atoms. The summed E-state index contributed by atoms with van der Waals surface area (Å²) < 4.78 is 4.85. The molecule has 112 valence electrons. The van der Waals surface area contributed by atoms with Gasteiger partial charge in [-0.3, -0.25) is 24.1 Å². The normalized spacial score (nSPS) is 16.9. The molecule has 20 heavy (non-hydrogen) atoms. The number of hydrogen-bond donors (Lipinski definition) is 0. The summed E-state index contributed by atoms with van der Waals surface area (Å²) in [5, 5.41) is 0. The molecule has 6 heteroatoms. The third kappa shape index (κ3) is 3.65. The average Bonchev–Trinajstić information content (AvgIpc) is 2.53. The Kier molecular flexibility index (Phi) is 5.42. The van der Waals surface area contributed by atoms with Crippen LogP contribution in [0.25, 0.3) is 0 Å². The van der Waals surface area contributed by atoms with Gasteiger partial charge in [-0.25, -0.2) is 0 Å². The number of likely N-dealkylation sites (tertiary alicyclic amines) is 1. The zero-order valence-corrected chi connectivity index (χ0v) is 12.2. The maximum atomic E-state index is 12.2. The summed E-state index contributed by atoms with van der Waals surface area (Å²) in [5.74, 6) is -1.82. The van der Waals surface area contributed by atoms with E-state index in [4.69, 9.17) is 4.74 Å². The number of rotatable bonds is 5. The van der Waals surface area contributed by atoms with E-state index in [1.54, 1.807) is 6.92 Å². The first kappa shape index (κ1) is 16.3. The van der Waals surface area contributed by atoms with Crippen molar-refractivity contribution in [3.8, 4) is 0 Å². The minimum Gasteiger partial charge on any atom is -0.465 e. The van der Waals surface area contributed by atoms with Crippen molar-refractivity contribution in [1.29, 1.82) is 0 Å². The molecule has 1 rings (SSSR count). The highest BCUT2D eigenvalue weighted by atomic mass is 16.5. The summed E-state index contributed by atoms with van der Waals surface area (Å²) in [6.45, 7) is 4.36. The zero-order valence-electron chi connectivity index (χ0n) is 12.2. The average molecular weight is 283 g/mol. The molecule has 1 aliphatic rings. The van der Waals surface area contributed by atoms with Gasteiger partial charge in [-0.15, -0.1) is 0 Å². The second-order valence-corrected chi connectivity index (χ2v) is 5.35. The molecular weight excluding hydrogens is 262 g/mol. The van der Waals surface area contributed by atoms with Crippen LogP contribution < -0.4 is 0 Å².